The van der Waals surface area contributed by atoms with Crippen LogP contribution in [-0.2, 0) is 0 Å². The number of carboxylic acid groups (broad SMARTS) is 1. The molecule has 0 amide bonds. The molecule has 6 heteroatoms. The van der Waals surface area contributed by atoms with Crippen LogP contribution in [0.3, 0.4) is 0 Å². The highest BCUT2D eigenvalue weighted by Gasteiger charge is 2.10. The summed E-state index contributed by atoms with van der Waals surface area (Å²) < 4.78 is 26.5. The number of rotatable bonds is 3. The number of aryl methyl sites for hydroxylation is 1. The lowest BCUT2D eigenvalue weighted by atomic mass is 10.2. The third kappa shape index (κ3) is 2.85. The zero-order valence-electron chi connectivity index (χ0n) is 9.95. The van der Waals surface area contributed by atoms with E-state index in [-0.39, 0.29) is 17.1 Å². The van der Waals surface area contributed by atoms with Crippen LogP contribution in [0.5, 0.6) is 0 Å². The van der Waals surface area contributed by atoms with Gasteiger partial charge in [0, 0.05) is 5.69 Å². The SMILES string of the molecule is Cc1cc(C(=O)O)cc(Nc2cccc(F)c2F)n1. The van der Waals surface area contributed by atoms with Crippen LogP contribution in [0.15, 0.2) is 30.3 Å². The molecular formula is C13H10F2N2O2. The molecule has 0 bridgehead atoms. The summed E-state index contributed by atoms with van der Waals surface area (Å²) in [6.45, 7) is 1.61. The van der Waals surface area contributed by atoms with Crippen LogP contribution < -0.4 is 5.32 Å². The topological polar surface area (TPSA) is 62.2 Å². The summed E-state index contributed by atoms with van der Waals surface area (Å²) in [5.41, 5.74) is 0.375. The van der Waals surface area contributed by atoms with E-state index in [2.05, 4.69) is 10.3 Å². The number of carbonyl (C=O) groups is 1. The highest BCUT2D eigenvalue weighted by Crippen LogP contribution is 2.21. The number of aromatic carboxylic acids is 1. The zero-order valence-corrected chi connectivity index (χ0v) is 9.95. The molecule has 19 heavy (non-hydrogen) atoms. The molecule has 0 unspecified atom stereocenters. The van der Waals surface area contributed by atoms with Crippen LogP contribution in [0.2, 0.25) is 0 Å². The maximum atomic E-state index is 13.5. The number of hydrogen-bond donors (Lipinski definition) is 2. The summed E-state index contributed by atoms with van der Waals surface area (Å²) >= 11 is 0. The minimum absolute atomic E-state index is 0.0202. The van der Waals surface area contributed by atoms with Crippen LogP contribution in [0.4, 0.5) is 20.3 Å². The Morgan fingerprint density at radius 2 is 2.05 bits per heavy atom. The standard InChI is InChI=1S/C13H10F2N2O2/c1-7-5-8(13(18)19)6-11(16-7)17-10-4-2-3-9(14)12(10)15/h2-6H,1H3,(H,16,17)(H,18,19). The van der Waals surface area contributed by atoms with Gasteiger partial charge in [-0.1, -0.05) is 6.07 Å². The van der Waals surface area contributed by atoms with Gasteiger partial charge in [-0.25, -0.2) is 18.6 Å². The van der Waals surface area contributed by atoms with Gasteiger partial charge in [-0.2, -0.15) is 0 Å². The van der Waals surface area contributed by atoms with E-state index >= 15 is 0 Å². The normalized spacial score (nSPS) is 10.3. The summed E-state index contributed by atoms with van der Waals surface area (Å²) in [6.07, 6.45) is 0. The van der Waals surface area contributed by atoms with Gasteiger partial charge in [0.05, 0.1) is 11.3 Å². The third-order valence-electron chi connectivity index (χ3n) is 2.41. The molecule has 0 aliphatic heterocycles. The Kier molecular flexibility index (Phi) is 3.41. The van der Waals surface area contributed by atoms with Crippen molar-refractivity contribution in [1.82, 2.24) is 4.98 Å². The highest BCUT2D eigenvalue weighted by atomic mass is 19.2. The number of nitrogens with zero attached hydrogens (tertiary/aromatic N) is 1. The summed E-state index contributed by atoms with van der Waals surface area (Å²) in [4.78, 5) is 14.9. The molecule has 0 aliphatic carbocycles. The molecule has 1 heterocycles. The van der Waals surface area contributed by atoms with E-state index in [1.165, 1.54) is 24.3 Å². The van der Waals surface area contributed by atoms with Gasteiger partial charge in [-0.05, 0) is 31.2 Å². The highest BCUT2D eigenvalue weighted by molar-refractivity contribution is 5.88. The lowest BCUT2D eigenvalue weighted by Crippen LogP contribution is -2.03. The molecule has 2 aromatic rings. The van der Waals surface area contributed by atoms with Crippen molar-refractivity contribution in [3.05, 3.63) is 53.2 Å². The number of hydrogen-bond acceptors (Lipinski definition) is 3. The van der Waals surface area contributed by atoms with Crippen molar-refractivity contribution in [3.8, 4) is 0 Å². The molecular weight excluding hydrogens is 254 g/mol. The van der Waals surface area contributed by atoms with Gasteiger partial charge in [-0.3, -0.25) is 0 Å². The zero-order chi connectivity index (χ0) is 14.0. The quantitative estimate of drug-likeness (QED) is 0.894. The van der Waals surface area contributed by atoms with Gasteiger partial charge in [0.2, 0.25) is 0 Å². The molecule has 0 aliphatic rings. The molecule has 0 radical (unpaired) electrons. The van der Waals surface area contributed by atoms with Crippen molar-refractivity contribution in [1.29, 1.82) is 0 Å². The molecule has 4 nitrogen and oxygen atoms in total. The monoisotopic (exact) mass is 264 g/mol. The summed E-state index contributed by atoms with van der Waals surface area (Å²) in [5, 5.41) is 11.5. The van der Waals surface area contributed by atoms with E-state index in [1.807, 2.05) is 0 Å². The molecule has 1 aromatic carbocycles. The molecule has 98 valence electrons. The number of benzene rings is 1. The second-order valence-corrected chi connectivity index (χ2v) is 3.91. The van der Waals surface area contributed by atoms with Crippen molar-refractivity contribution in [2.45, 2.75) is 6.92 Å². The van der Waals surface area contributed by atoms with Crippen LogP contribution in [0.1, 0.15) is 16.1 Å². The van der Waals surface area contributed by atoms with Gasteiger partial charge >= 0.3 is 5.97 Å². The fourth-order valence-electron chi connectivity index (χ4n) is 1.59. The Labute approximate surface area is 107 Å². The lowest BCUT2D eigenvalue weighted by Gasteiger charge is -2.08. The van der Waals surface area contributed by atoms with E-state index < -0.39 is 17.6 Å². The van der Waals surface area contributed by atoms with Crippen molar-refractivity contribution >= 4 is 17.5 Å². The van der Waals surface area contributed by atoms with E-state index in [4.69, 9.17) is 5.11 Å². The molecule has 2 rings (SSSR count). The number of halogens is 2. The predicted octanol–water partition coefficient (Wildman–Crippen LogP) is 3.11. The van der Waals surface area contributed by atoms with E-state index in [1.54, 1.807) is 6.92 Å². The number of aromatic nitrogens is 1. The largest absolute Gasteiger partial charge is 0.478 e. The Morgan fingerprint density at radius 1 is 1.32 bits per heavy atom. The smallest absolute Gasteiger partial charge is 0.335 e. The van der Waals surface area contributed by atoms with Gasteiger partial charge in [0.1, 0.15) is 5.82 Å². The number of pyridine rings is 1. The van der Waals surface area contributed by atoms with Gasteiger partial charge < -0.3 is 10.4 Å². The van der Waals surface area contributed by atoms with E-state index in [0.29, 0.717) is 5.69 Å². The van der Waals surface area contributed by atoms with Gasteiger partial charge in [0.25, 0.3) is 0 Å². The van der Waals surface area contributed by atoms with Gasteiger partial charge in [0.15, 0.2) is 11.6 Å². The Bertz CT molecular complexity index is 645. The summed E-state index contributed by atoms with van der Waals surface area (Å²) in [5.74, 6) is -3.01. The van der Waals surface area contributed by atoms with Crippen LogP contribution in [-0.4, -0.2) is 16.1 Å². The minimum Gasteiger partial charge on any atom is -0.478 e. The Hall–Kier alpha value is -2.50. The lowest BCUT2D eigenvalue weighted by molar-refractivity contribution is 0.0696. The van der Waals surface area contributed by atoms with E-state index in [0.717, 1.165) is 6.07 Å². The molecule has 0 saturated carbocycles. The van der Waals surface area contributed by atoms with Crippen LogP contribution >= 0.6 is 0 Å². The van der Waals surface area contributed by atoms with Crippen molar-refractivity contribution in [3.63, 3.8) is 0 Å². The van der Waals surface area contributed by atoms with Gasteiger partial charge in [-0.15, -0.1) is 0 Å². The molecule has 0 atom stereocenters. The first-order chi connectivity index (χ1) is 8.97. The van der Waals surface area contributed by atoms with Crippen molar-refractivity contribution < 1.29 is 18.7 Å². The van der Waals surface area contributed by atoms with Crippen LogP contribution in [0.25, 0.3) is 0 Å². The second-order valence-electron chi connectivity index (χ2n) is 3.91. The maximum absolute atomic E-state index is 13.5. The van der Waals surface area contributed by atoms with Crippen LogP contribution in [0, 0.1) is 18.6 Å². The molecule has 2 N–H and O–H groups in total. The van der Waals surface area contributed by atoms with Crippen molar-refractivity contribution in [2.24, 2.45) is 0 Å². The summed E-state index contributed by atoms with van der Waals surface area (Å²) in [6, 6.07) is 6.31. The average Bonchev–Trinajstić information content (AvgIpc) is 2.34. The average molecular weight is 264 g/mol. The second kappa shape index (κ2) is 5.01. The molecule has 0 spiro atoms. The number of nitrogens with one attached hydrogen (secondary N) is 1. The molecule has 0 saturated heterocycles. The number of anilines is 2. The third-order valence-corrected chi connectivity index (χ3v) is 2.41. The minimum atomic E-state index is -1.12. The fraction of sp³-hybridized carbons (Fsp3) is 0.0769. The fourth-order valence-corrected chi connectivity index (χ4v) is 1.59. The van der Waals surface area contributed by atoms with E-state index in [9.17, 15) is 13.6 Å². The molecule has 1 aromatic heterocycles. The Morgan fingerprint density at radius 3 is 2.74 bits per heavy atom. The summed E-state index contributed by atoms with van der Waals surface area (Å²) in [7, 11) is 0. The maximum Gasteiger partial charge on any atom is 0.335 e. The molecule has 0 fully saturated rings. The van der Waals surface area contributed by atoms with Crippen molar-refractivity contribution in [2.75, 3.05) is 5.32 Å². The number of carboxylic acids is 1. The Balaban J connectivity index is 2.38. The first-order valence-corrected chi connectivity index (χ1v) is 5.40. The predicted molar refractivity (Wildman–Crippen MR) is 65.6 cm³/mol. The first kappa shape index (κ1) is 12.9. The first-order valence-electron chi connectivity index (χ1n) is 5.40.